The Kier molecular flexibility index (Phi) is 5.44. The van der Waals surface area contributed by atoms with Crippen molar-refractivity contribution in [3.05, 3.63) is 53.2 Å². The molecule has 0 aliphatic rings. The summed E-state index contributed by atoms with van der Waals surface area (Å²) in [5, 5.41) is 30.3. The first-order valence-electron chi connectivity index (χ1n) is 8.87. The van der Waals surface area contributed by atoms with Crippen LogP contribution in [-0.2, 0) is 5.41 Å². The third kappa shape index (κ3) is 4.28. The molecule has 0 saturated heterocycles. The summed E-state index contributed by atoms with van der Waals surface area (Å²) in [6.07, 6.45) is -4.02. The lowest BCUT2D eigenvalue weighted by molar-refractivity contribution is -0.260. The zero-order valence-corrected chi connectivity index (χ0v) is 16.6. The number of nitrogens with zero attached hydrogens (tertiary/aromatic N) is 1. The number of aromatic nitrogens is 2. The van der Waals surface area contributed by atoms with Gasteiger partial charge in [-0.3, -0.25) is 5.10 Å². The maximum Gasteiger partial charge on any atom is 0.418 e. The molecule has 3 rings (SSSR count). The molecule has 9 heteroatoms. The molecule has 2 aromatic carbocycles. The number of hydrogen-bond acceptors (Lipinski definition) is 4. The second-order valence-electron chi connectivity index (χ2n) is 7.74. The molecule has 0 saturated carbocycles. The maximum atomic E-state index is 13.9. The summed E-state index contributed by atoms with van der Waals surface area (Å²) < 4.78 is 41.7. The van der Waals surface area contributed by atoms with E-state index in [4.69, 9.17) is 11.6 Å². The van der Waals surface area contributed by atoms with Crippen LogP contribution in [-0.4, -0.2) is 38.7 Å². The molecule has 1 heterocycles. The van der Waals surface area contributed by atoms with Crippen LogP contribution in [0, 0.1) is 0 Å². The Morgan fingerprint density at radius 1 is 1.17 bits per heavy atom. The van der Waals surface area contributed by atoms with Crippen molar-refractivity contribution in [3.8, 4) is 5.75 Å². The van der Waals surface area contributed by atoms with E-state index in [9.17, 15) is 23.4 Å². The third-order valence-corrected chi connectivity index (χ3v) is 5.31. The van der Waals surface area contributed by atoms with Gasteiger partial charge in [0.2, 0.25) is 0 Å². The van der Waals surface area contributed by atoms with E-state index in [2.05, 4.69) is 15.5 Å². The van der Waals surface area contributed by atoms with Crippen LogP contribution >= 0.6 is 11.6 Å². The number of aromatic amines is 1. The molecular formula is C20H21ClF3N3O2. The van der Waals surface area contributed by atoms with Crippen LogP contribution in [0.2, 0.25) is 5.02 Å². The Bertz CT molecular complexity index is 1020. The van der Waals surface area contributed by atoms with Gasteiger partial charge in [0.15, 0.2) is 5.60 Å². The van der Waals surface area contributed by atoms with Gasteiger partial charge in [0.25, 0.3) is 0 Å². The van der Waals surface area contributed by atoms with E-state index >= 15 is 0 Å². The zero-order valence-electron chi connectivity index (χ0n) is 15.8. The summed E-state index contributed by atoms with van der Waals surface area (Å²) in [5.74, 6) is -0.0875. The standard InChI is InChI=1S/C20H21ClF3N3O2/c1-18(2,14-7-6-12(28)8-15(14)21)10-19(29,20(22,23)24)11-25-16-4-3-5-17-13(16)9-26-27-17/h3-9,25,28-29H,10-11H2,1-2H3,(H,26,27). The van der Waals surface area contributed by atoms with Crippen molar-refractivity contribution < 1.29 is 23.4 Å². The first-order valence-corrected chi connectivity index (χ1v) is 9.25. The van der Waals surface area contributed by atoms with Crippen LogP contribution in [0.15, 0.2) is 42.6 Å². The number of aromatic hydroxyl groups is 1. The Balaban J connectivity index is 1.89. The molecule has 0 radical (unpaired) electrons. The highest BCUT2D eigenvalue weighted by Gasteiger charge is 2.56. The molecule has 1 atom stereocenters. The number of halogens is 4. The first kappa shape index (κ1) is 21.3. The van der Waals surface area contributed by atoms with Gasteiger partial charge in [-0.1, -0.05) is 37.6 Å². The van der Waals surface area contributed by atoms with E-state index in [-0.39, 0.29) is 10.8 Å². The molecule has 0 aliphatic carbocycles. The lowest BCUT2D eigenvalue weighted by Gasteiger charge is -2.38. The van der Waals surface area contributed by atoms with E-state index < -0.39 is 30.2 Å². The number of phenols is 1. The molecule has 1 unspecified atom stereocenters. The number of hydrogen-bond donors (Lipinski definition) is 4. The number of aliphatic hydroxyl groups is 1. The molecule has 0 fully saturated rings. The van der Waals surface area contributed by atoms with Gasteiger partial charge < -0.3 is 15.5 Å². The Labute approximate surface area is 170 Å². The Hall–Kier alpha value is -2.45. The van der Waals surface area contributed by atoms with Crippen LogP contribution in [0.1, 0.15) is 25.8 Å². The molecule has 0 amide bonds. The maximum absolute atomic E-state index is 13.9. The second kappa shape index (κ2) is 7.42. The van der Waals surface area contributed by atoms with E-state index in [1.807, 2.05) is 0 Å². The molecular weight excluding hydrogens is 407 g/mol. The smallest absolute Gasteiger partial charge is 0.418 e. The predicted molar refractivity (Wildman–Crippen MR) is 106 cm³/mol. The number of anilines is 1. The average molecular weight is 428 g/mol. The highest BCUT2D eigenvalue weighted by Crippen LogP contribution is 2.43. The lowest BCUT2D eigenvalue weighted by atomic mass is 9.74. The SMILES string of the molecule is CC(C)(CC(O)(CNc1cccc2[nH]ncc12)C(F)(F)F)c1ccc(O)cc1Cl. The molecule has 5 nitrogen and oxygen atoms in total. The zero-order chi connectivity index (χ0) is 21.4. The summed E-state index contributed by atoms with van der Waals surface area (Å²) >= 11 is 6.13. The van der Waals surface area contributed by atoms with E-state index in [1.54, 1.807) is 32.0 Å². The average Bonchev–Trinajstić information content (AvgIpc) is 3.07. The number of H-pyrrole nitrogens is 1. The van der Waals surface area contributed by atoms with Gasteiger partial charge in [0, 0.05) is 16.1 Å². The largest absolute Gasteiger partial charge is 0.508 e. The molecule has 4 N–H and O–H groups in total. The molecule has 0 bridgehead atoms. The van der Waals surface area contributed by atoms with E-state index in [0.29, 0.717) is 22.2 Å². The first-order chi connectivity index (χ1) is 13.4. The van der Waals surface area contributed by atoms with Gasteiger partial charge in [-0.25, -0.2) is 0 Å². The van der Waals surface area contributed by atoms with Gasteiger partial charge in [0.1, 0.15) is 5.75 Å². The molecule has 0 aliphatic heterocycles. The highest BCUT2D eigenvalue weighted by molar-refractivity contribution is 6.31. The van der Waals surface area contributed by atoms with Crippen LogP contribution in [0.5, 0.6) is 5.75 Å². The Morgan fingerprint density at radius 3 is 2.55 bits per heavy atom. The predicted octanol–water partition coefficient (Wildman–Crippen LogP) is 5.00. The van der Waals surface area contributed by atoms with E-state index in [0.717, 1.165) is 0 Å². The minimum Gasteiger partial charge on any atom is -0.508 e. The highest BCUT2D eigenvalue weighted by atomic mass is 35.5. The molecule has 3 aromatic rings. The molecule has 29 heavy (non-hydrogen) atoms. The van der Waals surface area contributed by atoms with Gasteiger partial charge in [-0.05, 0) is 41.7 Å². The number of nitrogens with one attached hydrogen (secondary N) is 2. The van der Waals surface area contributed by atoms with Gasteiger partial charge in [0.05, 0.1) is 18.3 Å². The number of benzene rings is 2. The van der Waals surface area contributed by atoms with Crippen LogP contribution in [0.4, 0.5) is 18.9 Å². The molecule has 156 valence electrons. The van der Waals surface area contributed by atoms with Crippen molar-refractivity contribution in [2.24, 2.45) is 0 Å². The quantitative estimate of drug-likeness (QED) is 0.446. The summed E-state index contributed by atoms with van der Waals surface area (Å²) in [5.41, 5.74) is -2.65. The van der Waals surface area contributed by atoms with Crippen LogP contribution < -0.4 is 5.32 Å². The van der Waals surface area contributed by atoms with E-state index in [1.165, 1.54) is 24.4 Å². The van der Waals surface area contributed by atoms with Gasteiger partial charge in [-0.2, -0.15) is 18.3 Å². The summed E-state index contributed by atoms with van der Waals surface area (Å²) in [6.45, 7) is 2.39. The van der Waals surface area contributed by atoms with Crippen molar-refractivity contribution in [1.29, 1.82) is 0 Å². The lowest BCUT2D eigenvalue weighted by Crippen LogP contribution is -2.53. The summed E-state index contributed by atoms with van der Waals surface area (Å²) in [6, 6.07) is 9.14. The van der Waals surface area contributed by atoms with Crippen LogP contribution in [0.3, 0.4) is 0 Å². The number of alkyl halides is 3. The molecule has 0 spiro atoms. The van der Waals surface area contributed by atoms with Crippen molar-refractivity contribution in [2.45, 2.75) is 37.5 Å². The monoisotopic (exact) mass is 427 g/mol. The number of rotatable bonds is 6. The van der Waals surface area contributed by atoms with Gasteiger partial charge >= 0.3 is 6.18 Å². The van der Waals surface area contributed by atoms with Crippen molar-refractivity contribution in [3.63, 3.8) is 0 Å². The summed E-state index contributed by atoms with van der Waals surface area (Å²) in [7, 11) is 0. The topological polar surface area (TPSA) is 81.2 Å². The third-order valence-electron chi connectivity index (χ3n) is 5.00. The number of phenolic OH excluding ortho intramolecular Hbond substituents is 1. The minimum absolute atomic E-state index is 0.0875. The van der Waals surface area contributed by atoms with Crippen molar-refractivity contribution >= 4 is 28.2 Å². The van der Waals surface area contributed by atoms with Crippen molar-refractivity contribution in [2.75, 3.05) is 11.9 Å². The van der Waals surface area contributed by atoms with Crippen molar-refractivity contribution in [1.82, 2.24) is 10.2 Å². The fourth-order valence-corrected chi connectivity index (χ4v) is 3.94. The molecule has 1 aromatic heterocycles. The Morgan fingerprint density at radius 2 is 1.90 bits per heavy atom. The fourth-order valence-electron chi connectivity index (χ4n) is 3.51. The summed E-state index contributed by atoms with van der Waals surface area (Å²) in [4.78, 5) is 0. The minimum atomic E-state index is -4.88. The van der Waals surface area contributed by atoms with Crippen LogP contribution in [0.25, 0.3) is 10.9 Å². The second-order valence-corrected chi connectivity index (χ2v) is 8.15. The number of fused-ring (bicyclic) bond motifs is 1. The van der Waals surface area contributed by atoms with Gasteiger partial charge in [-0.15, -0.1) is 0 Å². The normalized spacial score (nSPS) is 14.7. The fraction of sp³-hybridized carbons (Fsp3) is 0.350.